The standard InChI is InChI=1S/C52H41NO/c1-4-11-35(12-5-1)37-19-22-44-47-31-41(21-24-48(47)52(49(44)30-37)38-26-33-25-34(28-38)29-39(52)27-33)53(40-15-8-3-9-16-40)42-20-23-45-46-18-10-17-43(36-13-6-2-7-14-36)51(46)54-50(45)32-42/h1-24,30-34,38-39H,25-29H2. The van der Waals surface area contributed by atoms with Crippen LogP contribution >= 0.6 is 0 Å². The number of fused-ring (bicyclic) bond motifs is 6. The van der Waals surface area contributed by atoms with Gasteiger partial charge < -0.3 is 9.32 Å². The van der Waals surface area contributed by atoms with Crippen molar-refractivity contribution in [1.82, 2.24) is 0 Å². The molecule has 7 aromatic carbocycles. The van der Waals surface area contributed by atoms with Gasteiger partial charge in [-0.3, -0.25) is 0 Å². The van der Waals surface area contributed by atoms with Crippen molar-refractivity contribution in [2.45, 2.75) is 37.5 Å². The molecule has 1 aromatic heterocycles. The molecule has 0 N–H and O–H groups in total. The second kappa shape index (κ2) is 11.6. The number of hydrogen-bond acceptors (Lipinski definition) is 2. The molecule has 54 heavy (non-hydrogen) atoms. The molecule has 4 bridgehead atoms. The largest absolute Gasteiger partial charge is 0.455 e. The normalized spacial score (nSPS) is 23.3. The molecule has 2 nitrogen and oxygen atoms in total. The Morgan fingerprint density at radius 3 is 1.83 bits per heavy atom. The maximum absolute atomic E-state index is 6.77. The Labute approximate surface area is 316 Å². The highest BCUT2D eigenvalue weighted by molar-refractivity contribution is 6.10. The first kappa shape index (κ1) is 30.6. The van der Waals surface area contributed by atoms with Crippen LogP contribution in [0.15, 0.2) is 168 Å². The molecule has 5 aliphatic rings. The van der Waals surface area contributed by atoms with Crippen LogP contribution in [0, 0.1) is 23.7 Å². The van der Waals surface area contributed by atoms with Gasteiger partial charge in [-0.1, -0.05) is 115 Å². The molecule has 2 heteroatoms. The Hall–Kier alpha value is -5.86. The fraction of sp³-hybridized carbons (Fsp3) is 0.192. The second-order valence-electron chi connectivity index (χ2n) is 16.5. The lowest BCUT2D eigenvalue weighted by Crippen LogP contribution is -2.55. The zero-order valence-corrected chi connectivity index (χ0v) is 30.3. The molecule has 4 fully saturated rings. The van der Waals surface area contributed by atoms with Crippen LogP contribution in [0.4, 0.5) is 17.1 Å². The third-order valence-electron chi connectivity index (χ3n) is 13.8. The lowest BCUT2D eigenvalue weighted by atomic mass is 9.43. The predicted molar refractivity (Wildman–Crippen MR) is 223 cm³/mol. The van der Waals surface area contributed by atoms with Gasteiger partial charge in [-0.2, -0.15) is 0 Å². The van der Waals surface area contributed by atoms with Crippen molar-refractivity contribution in [3.8, 4) is 33.4 Å². The summed E-state index contributed by atoms with van der Waals surface area (Å²) in [5.74, 6) is 3.25. The molecule has 0 radical (unpaired) electrons. The Morgan fingerprint density at radius 2 is 1.09 bits per heavy atom. The number of nitrogens with zero attached hydrogens (tertiary/aromatic N) is 1. The number of furan rings is 1. The van der Waals surface area contributed by atoms with Gasteiger partial charge in [-0.05, 0) is 137 Å². The van der Waals surface area contributed by atoms with Crippen LogP contribution in [0.3, 0.4) is 0 Å². The summed E-state index contributed by atoms with van der Waals surface area (Å²) in [5, 5.41) is 2.29. The topological polar surface area (TPSA) is 16.4 Å². The lowest BCUT2D eigenvalue weighted by molar-refractivity contribution is -0.0399. The molecule has 0 amide bonds. The third-order valence-corrected chi connectivity index (χ3v) is 13.8. The molecule has 13 rings (SSSR count). The third kappa shape index (κ3) is 4.34. The van der Waals surface area contributed by atoms with E-state index in [1.807, 2.05) is 0 Å². The van der Waals surface area contributed by atoms with Gasteiger partial charge in [-0.25, -0.2) is 0 Å². The van der Waals surface area contributed by atoms with Gasteiger partial charge >= 0.3 is 0 Å². The molecule has 1 heterocycles. The summed E-state index contributed by atoms with van der Waals surface area (Å²) in [7, 11) is 0. The van der Waals surface area contributed by atoms with Crippen molar-refractivity contribution >= 4 is 39.0 Å². The van der Waals surface area contributed by atoms with E-state index in [1.165, 1.54) is 65.6 Å². The van der Waals surface area contributed by atoms with Crippen LogP contribution in [0.1, 0.15) is 43.2 Å². The summed E-state index contributed by atoms with van der Waals surface area (Å²) in [6, 6.07) is 60.6. The molecule has 0 atom stereocenters. The first-order chi connectivity index (χ1) is 26.7. The first-order valence-corrected chi connectivity index (χ1v) is 19.9. The summed E-state index contributed by atoms with van der Waals surface area (Å²) in [6.07, 6.45) is 6.97. The van der Waals surface area contributed by atoms with Crippen LogP contribution < -0.4 is 4.90 Å². The van der Waals surface area contributed by atoms with Crippen LogP contribution in [-0.2, 0) is 5.41 Å². The van der Waals surface area contributed by atoms with Gasteiger partial charge in [0, 0.05) is 44.9 Å². The van der Waals surface area contributed by atoms with Gasteiger partial charge in [0.1, 0.15) is 11.2 Å². The van der Waals surface area contributed by atoms with E-state index < -0.39 is 0 Å². The minimum Gasteiger partial charge on any atom is -0.455 e. The first-order valence-electron chi connectivity index (χ1n) is 19.9. The number of para-hydroxylation sites is 2. The average Bonchev–Trinajstić information content (AvgIpc) is 3.74. The van der Waals surface area contributed by atoms with E-state index in [1.54, 1.807) is 11.1 Å². The molecule has 0 aliphatic heterocycles. The van der Waals surface area contributed by atoms with Crippen LogP contribution in [0.25, 0.3) is 55.3 Å². The van der Waals surface area contributed by atoms with Crippen LogP contribution in [0.2, 0.25) is 0 Å². The maximum Gasteiger partial charge on any atom is 0.143 e. The van der Waals surface area contributed by atoms with Gasteiger partial charge in [0.15, 0.2) is 0 Å². The van der Waals surface area contributed by atoms with Crippen LogP contribution in [-0.4, -0.2) is 0 Å². The summed E-state index contributed by atoms with van der Waals surface area (Å²) in [5.41, 5.74) is 16.3. The summed E-state index contributed by atoms with van der Waals surface area (Å²) in [6.45, 7) is 0. The molecule has 8 aromatic rings. The Kier molecular flexibility index (Phi) is 6.55. The lowest BCUT2D eigenvalue weighted by Gasteiger charge is -2.61. The molecule has 0 saturated heterocycles. The van der Waals surface area contributed by atoms with E-state index in [-0.39, 0.29) is 5.41 Å². The molecule has 4 saturated carbocycles. The van der Waals surface area contributed by atoms with Crippen molar-refractivity contribution in [2.75, 3.05) is 4.90 Å². The minimum atomic E-state index is 0.0998. The van der Waals surface area contributed by atoms with E-state index in [0.717, 1.165) is 50.7 Å². The highest BCUT2D eigenvalue weighted by Crippen LogP contribution is 2.69. The molecule has 0 unspecified atom stereocenters. The van der Waals surface area contributed by atoms with E-state index in [9.17, 15) is 0 Å². The Balaban J connectivity index is 1.04. The van der Waals surface area contributed by atoms with E-state index in [2.05, 4.69) is 169 Å². The zero-order valence-electron chi connectivity index (χ0n) is 30.3. The monoisotopic (exact) mass is 695 g/mol. The van der Waals surface area contributed by atoms with Crippen molar-refractivity contribution in [3.05, 3.63) is 175 Å². The van der Waals surface area contributed by atoms with Gasteiger partial charge in [0.05, 0.1) is 0 Å². The van der Waals surface area contributed by atoms with E-state index in [0.29, 0.717) is 11.8 Å². The van der Waals surface area contributed by atoms with Crippen molar-refractivity contribution < 1.29 is 4.42 Å². The maximum atomic E-state index is 6.77. The smallest absolute Gasteiger partial charge is 0.143 e. The number of hydrogen-bond donors (Lipinski definition) is 0. The van der Waals surface area contributed by atoms with Crippen LogP contribution in [0.5, 0.6) is 0 Å². The van der Waals surface area contributed by atoms with Gasteiger partial charge in [-0.15, -0.1) is 0 Å². The zero-order chi connectivity index (χ0) is 35.4. The van der Waals surface area contributed by atoms with Gasteiger partial charge in [0.25, 0.3) is 0 Å². The Bertz CT molecular complexity index is 2700. The summed E-state index contributed by atoms with van der Waals surface area (Å²) in [4.78, 5) is 2.42. The summed E-state index contributed by atoms with van der Waals surface area (Å²) < 4.78 is 6.77. The molecule has 260 valence electrons. The molecular weight excluding hydrogens is 655 g/mol. The molecule has 5 aliphatic carbocycles. The highest BCUT2D eigenvalue weighted by atomic mass is 16.3. The fourth-order valence-corrected chi connectivity index (χ4v) is 11.9. The molecular formula is C52H41NO. The fourth-order valence-electron chi connectivity index (χ4n) is 11.9. The number of benzene rings is 7. The van der Waals surface area contributed by atoms with Crippen molar-refractivity contribution in [2.24, 2.45) is 23.7 Å². The van der Waals surface area contributed by atoms with E-state index >= 15 is 0 Å². The Morgan fingerprint density at radius 1 is 0.426 bits per heavy atom. The number of anilines is 3. The predicted octanol–water partition coefficient (Wildman–Crippen LogP) is 14.1. The van der Waals surface area contributed by atoms with Gasteiger partial charge in [0.2, 0.25) is 0 Å². The average molecular weight is 696 g/mol. The van der Waals surface area contributed by atoms with Crippen molar-refractivity contribution in [3.63, 3.8) is 0 Å². The van der Waals surface area contributed by atoms with Crippen molar-refractivity contribution in [1.29, 1.82) is 0 Å². The minimum absolute atomic E-state index is 0.0998. The number of rotatable bonds is 5. The van der Waals surface area contributed by atoms with E-state index in [4.69, 9.17) is 4.42 Å². The SMILES string of the molecule is c1ccc(-c2ccc3c(c2)C2(c4ccc(N(c5ccccc5)c5ccc6c(c5)oc5c(-c7ccccc7)cccc56)cc4-3)C3CC4CC(C3)CC2C4)cc1. The quantitative estimate of drug-likeness (QED) is 0.178. The highest BCUT2D eigenvalue weighted by Gasteiger charge is 2.61. The second-order valence-corrected chi connectivity index (χ2v) is 16.5. The molecule has 1 spiro atoms. The summed E-state index contributed by atoms with van der Waals surface area (Å²) >= 11 is 0.